The van der Waals surface area contributed by atoms with Gasteiger partial charge in [0, 0.05) is 0 Å². The summed E-state index contributed by atoms with van der Waals surface area (Å²) >= 11 is 5.61. The van der Waals surface area contributed by atoms with E-state index in [1.165, 1.54) is 5.56 Å². The summed E-state index contributed by atoms with van der Waals surface area (Å²) in [5.74, 6) is 1.26. The molecule has 0 spiro atoms. The Morgan fingerprint density at radius 1 is 1.33 bits per heavy atom. The van der Waals surface area contributed by atoms with Gasteiger partial charge in [-0.25, -0.2) is 0 Å². The molecule has 0 fully saturated rings. The van der Waals surface area contributed by atoms with E-state index >= 15 is 0 Å². The fourth-order valence-corrected chi connectivity index (χ4v) is 1.22. The van der Waals surface area contributed by atoms with Crippen LogP contribution in [-0.4, -0.2) is 12.0 Å². The summed E-state index contributed by atoms with van der Waals surface area (Å²) < 4.78 is 5.34. The number of hydrogen-bond donors (Lipinski definition) is 0. The summed E-state index contributed by atoms with van der Waals surface area (Å²) in [7, 11) is 0. The highest BCUT2D eigenvalue weighted by molar-refractivity contribution is 6.22. The van der Waals surface area contributed by atoms with Crippen LogP contribution in [0.3, 0.4) is 0 Å². The van der Waals surface area contributed by atoms with Crippen molar-refractivity contribution in [3.8, 4) is 11.8 Å². The summed E-state index contributed by atoms with van der Waals surface area (Å²) in [5.41, 5.74) is 1.27. The molecule has 1 aromatic rings. The molecule has 0 aromatic heterocycles. The lowest BCUT2D eigenvalue weighted by Crippen LogP contribution is -2.09. The molecule has 0 amide bonds. The van der Waals surface area contributed by atoms with Crippen LogP contribution in [0.25, 0.3) is 0 Å². The second-order valence-electron chi connectivity index (χ2n) is 3.63. The minimum atomic E-state index is -0.588. The summed E-state index contributed by atoms with van der Waals surface area (Å²) in [5, 5.41) is 7.88. The number of halogens is 1. The first-order valence-electron chi connectivity index (χ1n) is 4.90. The number of rotatable bonds is 4. The van der Waals surface area contributed by atoms with E-state index in [1.807, 2.05) is 30.3 Å². The average Bonchev–Trinajstić information content (AvgIpc) is 2.26. The standard InChI is InChI=1S/C12H14ClNO/c1-9(2)10-3-5-12(6-4-10)15-8-11(13)7-14/h3-6,9,11H,8H2,1-2H3. The molecule has 3 heteroatoms. The first-order chi connectivity index (χ1) is 7.13. The van der Waals surface area contributed by atoms with Crippen LogP contribution in [0.2, 0.25) is 0 Å². The Bertz CT molecular complexity index is 340. The van der Waals surface area contributed by atoms with E-state index in [0.29, 0.717) is 5.92 Å². The molecule has 0 aliphatic heterocycles. The van der Waals surface area contributed by atoms with Crippen molar-refractivity contribution in [2.24, 2.45) is 0 Å². The second-order valence-corrected chi connectivity index (χ2v) is 4.16. The van der Waals surface area contributed by atoms with Gasteiger partial charge in [-0.3, -0.25) is 0 Å². The number of ether oxygens (including phenoxy) is 1. The Morgan fingerprint density at radius 2 is 1.93 bits per heavy atom. The maximum Gasteiger partial charge on any atom is 0.154 e. The number of nitrogens with zero attached hydrogens (tertiary/aromatic N) is 1. The first kappa shape index (κ1) is 11.9. The van der Waals surface area contributed by atoms with Gasteiger partial charge in [0.2, 0.25) is 0 Å². The highest BCUT2D eigenvalue weighted by Crippen LogP contribution is 2.18. The Balaban J connectivity index is 2.54. The zero-order chi connectivity index (χ0) is 11.3. The van der Waals surface area contributed by atoms with Crippen molar-refractivity contribution in [3.63, 3.8) is 0 Å². The molecule has 0 aliphatic carbocycles. The van der Waals surface area contributed by atoms with Crippen molar-refractivity contribution in [2.75, 3.05) is 6.61 Å². The summed E-state index contributed by atoms with van der Waals surface area (Å²) in [6.45, 7) is 4.50. The molecular formula is C12H14ClNO. The Hall–Kier alpha value is -1.20. The molecule has 0 radical (unpaired) electrons. The number of hydrogen-bond acceptors (Lipinski definition) is 2. The van der Waals surface area contributed by atoms with Crippen LogP contribution >= 0.6 is 11.6 Å². The lowest BCUT2D eigenvalue weighted by molar-refractivity contribution is 0.329. The molecule has 1 atom stereocenters. The maximum absolute atomic E-state index is 8.47. The van der Waals surface area contributed by atoms with E-state index in [4.69, 9.17) is 21.6 Å². The van der Waals surface area contributed by atoms with Crippen LogP contribution in [-0.2, 0) is 0 Å². The van der Waals surface area contributed by atoms with Crippen molar-refractivity contribution in [1.29, 1.82) is 5.26 Å². The quantitative estimate of drug-likeness (QED) is 0.734. The van der Waals surface area contributed by atoms with Crippen molar-refractivity contribution in [1.82, 2.24) is 0 Å². The zero-order valence-corrected chi connectivity index (χ0v) is 9.66. The molecule has 1 aromatic carbocycles. The van der Waals surface area contributed by atoms with Gasteiger partial charge < -0.3 is 4.74 Å². The fraction of sp³-hybridized carbons (Fsp3) is 0.417. The predicted octanol–water partition coefficient (Wildman–Crippen LogP) is 3.32. The van der Waals surface area contributed by atoms with Gasteiger partial charge in [0.15, 0.2) is 5.38 Å². The van der Waals surface area contributed by atoms with E-state index in [9.17, 15) is 0 Å². The molecule has 80 valence electrons. The van der Waals surface area contributed by atoms with E-state index in [1.54, 1.807) is 0 Å². The third-order valence-electron chi connectivity index (χ3n) is 2.08. The monoisotopic (exact) mass is 223 g/mol. The largest absolute Gasteiger partial charge is 0.491 e. The third kappa shape index (κ3) is 3.81. The van der Waals surface area contributed by atoms with Gasteiger partial charge in [0.25, 0.3) is 0 Å². The summed E-state index contributed by atoms with van der Waals surface area (Å²) in [4.78, 5) is 0. The minimum absolute atomic E-state index is 0.221. The van der Waals surface area contributed by atoms with Gasteiger partial charge in [-0.2, -0.15) is 5.26 Å². The fourth-order valence-electron chi connectivity index (χ4n) is 1.16. The lowest BCUT2D eigenvalue weighted by atomic mass is 10.0. The molecule has 0 heterocycles. The normalized spacial score (nSPS) is 12.2. The predicted molar refractivity (Wildman–Crippen MR) is 61.3 cm³/mol. The lowest BCUT2D eigenvalue weighted by Gasteiger charge is -2.08. The molecule has 0 aliphatic rings. The first-order valence-corrected chi connectivity index (χ1v) is 5.33. The molecule has 1 rings (SSSR count). The van der Waals surface area contributed by atoms with Gasteiger partial charge in [0.05, 0.1) is 6.07 Å². The van der Waals surface area contributed by atoms with Crippen molar-refractivity contribution in [2.45, 2.75) is 25.1 Å². The molecule has 1 unspecified atom stereocenters. The van der Waals surface area contributed by atoms with E-state index in [2.05, 4.69) is 13.8 Å². The SMILES string of the molecule is CC(C)c1ccc(OCC(Cl)C#N)cc1. The Labute approximate surface area is 95.4 Å². The van der Waals surface area contributed by atoms with Crippen LogP contribution < -0.4 is 4.74 Å². The average molecular weight is 224 g/mol. The van der Waals surface area contributed by atoms with Crippen LogP contribution in [0.5, 0.6) is 5.75 Å². The van der Waals surface area contributed by atoms with E-state index < -0.39 is 5.38 Å². The zero-order valence-electron chi connectivity index (χ0n) is 8.90. The highest BCUT2D eigenvalue weighted by Gasteiger charge is 2.03. The molecule has 0 saturated carbocycles. The number of alkyl halides is 1. The second kappa shape index (κ2) is 5.63. The topological polar surface area (TPSA) is 33.0 Å². The van der Waals surface area contributed by atoms with Crippen molar-refractivity contribution >= 4 is 11.6 Å². The molecule has 2 nitrogen and oxygen atoms in total. The van der Waals surface area contributed by atoms with Gasteiger partial charge >= 0.3 is 0 Å². The molecule has 0 bridgehead atoms. The van der Waals surface area contributed by atoms with Crippen LogP contribution in [0.15, 0.2) is 24.3 Å². The van der Waals surface area contributed by atoms with Crippen LogP contribution in [0, 0.1) is 11.3 Å². The summed E-state index contributed by atoms with van der Waals surface area (Å²) in [6.07, 6.45) is 0. The summed E-state index contributed by atoms with van der Waals surface area (Å²) in [6, 6.07) is 9.75. The number of benzene rings is 1. The van der Waals surface area contributed by atoms with Crippen LogP contribution in [0.1, 0.15) is 25.3 Å². The Kier molecular flexibility index (Phi) is 4.45. The molecule has 15 heavy (non-hydrogen) atoms. The van der Waals surface area contributed by atoms with Crippen LogP contribution in [0.4, 0.5) is 0 Å². The Morgan fingerprint density at radius 3 is 2.40 bits per heavy atom. The maximum atomic E-state index is 8.47. The van der Waals surface area contributed by atoms with Crippen molar-refractivity contribution in [3.05, 3.63) is 29.8 Å². The molecular weight excluding hydrogens is 210 g/mol. The van der Waals surface area contributed by atoms with Gasteiger partial charge in [0.1, 0.15) is 12.4 Å². The van der Waals surface area contributed by atoms with Crippen molar-refractivity contribution < 1.29 is 4.74 Å². The molecule has 0 N–H and O–H groups in total. The van der Waals surface area contributed by atoms with E-state index in [-0.39, 0.29) is 6.61 Å². The third-order valence-corrected chi connectivity index (χ3v) is 2.31. The highest BCUT2D eigenvalue weighted by atomic mass is 35.5. The van der Waals surface area contributed by atoms with Gasteiger partial charge in [-0.05, 0) is 23.6 Å². The van der Waals surface area contributed by atoms with Gasteiger partial charge in [-0.1, -0.05) is 26.0 Å². The van der Waals surface area contributed by atoms with E-state index in [0.717, 1.165) is 5.75 Å². The van der Waals surface area contributed by atoms with Gasteiger partial charge in [-0.15, -0.1) is 11.6 Å². The number of nitriles is 1. The minimum Gasteiger partial charge on any atom is -0.491 e. The smallest absolute Gasteiger partial charge is 0.154 e. The molecule has 0 saturated heterocycles.